The number of hydrogen-bond acceptors (Lipinski definition) is 9. The SMILES string of the molecule is COc1cccc(CNc2ncnc3c2ncn3C2C[C@H](O)[C@@H](CO)O2)c1O. The molecule has 3 heterocycles. The van der Waals surface area contributed by atoms with E-state index in [1.807, 2.05) is 0 Å². The maximum absolute atomic E-state index is 10.2. The van der Waals surface area contributed by atoms with E-state index < -0.39 is 18.4 Å². The van der Waals surface area contributed by atoms with Crippen LogP contribution in [0.25, 0.3) is 11.2 Å². The lowest BCUT2D eigenvalue weighted by atomic mass is 10.2. The number of methoxy groups -OCH3 is 1. The summed E-state index contributed by atoms with van der Waals surface area (Å²) in [5, 5.41) is 32.6. The number of phenols is 1. The van der Waals surface area contributed by atoms with Crippen molar-refractivity contribution in [1.82, 2.24) is 19.5 Å². The van der Waals surface area contributed by atoms with Crippen molar-refractivity contribution in [2.75, 3.05) is 19.0 Å². The number of rotatable bonds is 6. The normalized spacial score (nSPS) is 21.9. The van der Waals surface area contributed by atoms with Crippen LogP contribution in [0.1, 0.15) is 18.2 Å². The molecular weight excluding hydrogens is 366 g/mol. The van der Waals surface area contributed by atoms with Crippen molar-refractivity contribution in [2.45, 2.75) is 31.4 Å². The molecule has 148 valence electrons. The molecule has 1 aliphatic heterocycles. The zero-order valence-corrected chi connectivity index (χ0v) is 15.2. The summed E-state index contributed by atoms with van der Waals surface area (Å²) in [4.78, 5) is 12.9. The molecule has 0 amide bonds. The molecular formula is C18H21N5O5. The molecule has 1 aromatic carbocycles. The largest absolute Gasteiger partial charge is 0.504 e. The first-order valence-corrected chi connectivity index (χ1v) is 8.83. The molecule has 0 aliphatic carbocycles. The van der Waals surface area contributed by atoms with Gasteiger partial charge in [0.2, 0.25) is 0 Å². The van der Waals surface area contributed by atoms with Crippen molar-refractivity contribution in [3.05, 3.63) is 36.4 Å². The highest BCUT2D eigenvalue weighted by atomic mass is 16.5. The molecule has 0 saturated carbocycles. The van der Waals surface area contributed by atoms with Gasteiger partial charge in [-0.25, -0.2) is 15.0 Å². The average Bonchev–Trinajstić information content (AvgIpc) is 3.30. The summed E-state index contributed by atoms with van der Waals surface area (Å²) in [7, 11) is 1.50. The Morgan fingerprint density at radius 1 is 1.32 bits per heavy atom. The van der Waals surface area contributed by atoms with Gasteiger partial charge in [0.05, 0.1) is 26.1 Å². The molecule has 3 atom stereocenters. The average molecular weight is 387 g/mol. The number of fused-ring (bicyclic) bond motifs is 1. The molecule has 2 aromatic heterocycles. The zero-order valence-electron chi connectivity index (χ0n) is 15.2. The number of nitrogens with one attached hydrogen (secondary N) is 1. The van der Waals surface area contributed by atoms with Crippen molar-refractivity contribution < 1.29 is 24.8 Å². The minimum atomic E-state index is -0.747. The standard InChI is InChI=1S/C18H21N5O5/c1-27-12-4-2-3-10(16(12)26)6-19-17-15-18(21-8-20-17)23(9-22-15)14-5-11(25)13(7-24)28-14/h2-4,8-9,11,13-14,24-26H,5-7H2,1H3,(H,19,20,21)/t11-,13+,14?/m0/s1. The van der Waals surface area contributed by atoms with Crippen LogP contribution in [0.15, 0.2) is 30.9 Å². The highest BCUT2D eigenvalue weighted by molar-refractivity contribution is 5.82. The van der Waals surface area contributed by atoms with E-state index in [1.165, 1.54) is 13.4 Å². The van der Waals surface area contributed by atoms with Crippen LogP contribution in [0, 0.1) is 0 Å². The molecule has 4 rings (SSSR count). The number of aromatic hydroxyl groups is 1. The van der Waals surface area contributed by atoms with Crippen molar-refractivity contribution >= 4 is 17.0 Å². The van der Waals surface area contributed by atoms with Gasteiger partial charge in [0, 0.05) is 18.5 Å². The fraction of sp³-hybridized carbons (Fsp3) is 0.389. The summed E-state index contributed by atoms with van der Waals surface area (Å²) >= 11 is 0. The molecule has 28 heavy (non-hydrogen) atoms. The lowest BCUT2D eigenvalue weighted by Crippen LogP contribution is -2.24. The predicted molar refractivity (Wildman–Crippen MR) is 98.9 cm³/mol. The molecule has 3 aromatic rings. The van der Waals surface area contributed by atoms with Gasteiger partial charge < -0.3 is 30.1 Å². The number of imidazole rings is 1. The minimum absolute atomic E-state index is 0.0664. The van der Waals surface area contributed by atoms with Gasteiger partial charge >= 0.3 is 0 Å². The maximum Gasteiger partial charge on any atom is 0.167 e. The quantitative estimate of drug-likeness (QED) is 0.484. The second-order valence-corrected chi connectivity index (χ2v) is 6.48. The first-order valence-electron chi connectivity index (χ1n) is 8.83. The van der Waals surface area contributed by atoms with Gasteiger partial charge in [0.25, 0.3) is 0 Å². The van der Waals surface area contributed by atoms with Crippen LogP contribution in [-0.4, -0.2) is 60.8 Å². The van der Waals surface area contributed by atoms with Gasteiger partial charge in [0.1, 0.15) is 18.7 Å². The molecule has 10 heteroatoms. The number of aromatic nitrogens is 4. The first-order chi connectivity index (χ1) is 13.6. The van der Waals surface area contributed by atoms with Gasteiger partial charge in [-0.05, 0) is 6.07 Å². The summed E-state index contributed by atoms with van der Waals surface area (Å²) in [5.41, 5.74) is 1.73. The van der Waals surface area contributed by atoms with E-state index in [0.717, 1.165) is 0 Å². The number of phenolic OH excluding ortho intramolecular Hbond substituents is 1. The van der Waals surface area contributed by atoms with E-state index in [2.05, 4.69) is 20.3 Å². The Hall–Kier alpha value is -2.95. The van der Waals surface area contributed by atoms with Crippen LogP contribution < -0.4 is 10.1 Å². The van der Waals surface area contributed by atoms with Crippen LogP contribution in [0.3, 0.4) is 0 Å². The molecule has 0 radical (unpaired) electrons. The van der Waals surface area contributed by atoms with E-state index >= 15 is 0 Å². The highest BCUT2D eigenvalue weighted by Gasteiger charge is 2.35. The number of hydrogen-bond donors (Lipinski definition) is 4. The lowest BCUT2D eigenvalue weighted by molar-refractivity contribution is -0.0432. The third-order valence-corrected chi connectivity index (χ3v) is 4.80. The Morgan fingerprint density at radius 3 is 2.93 bits per heavy atom. The Morgan fingerprint density at radius 2 is 2.18 bits per heavy atom. The number of aliphatic hydroxyl groups is 2. The van der Waals surface area contributed by atoms with Crippen LogP contribution in [0.5, 0.6) is 11.5 Å². The molecule has 1 saturated heterocycles. The van der Waals surface area contributed by atoms with Gasteiger partial charge in [0.15, 0.2) is 28.5 Å². The molecule has 1 aliphatic rings. The van der Waals surface area contributed by atoms with Crippen molar-refractivity contribution in [1.29, 1.82) is 0 Å². The van der Waals surface area contributed by atoms with Gasteiger partial charge in [-0.3, -0.25) is 4.57 Å². The first kappa shape index (κ1) is 18.4. The number of aliphatic hydroxyl groups excluding tert-OH is 2. The van der Waals surface area contributed by atoms with Gasteiger partial charge in [-0.2, -0.15) is 0 Å². The van der Waals surface area contributed by atoms with Gasteiger partial charge in [-0.1, -0.05) is 12.1 Å². The van der Waals surface area contributed by atoms with Crippen molar-refractivity contribution in [2.24, 2.45) is 0 Å². The fourth-order valence-corrected chi connectivity index (χ4v) is 3.30. The van der Waals surface area contributed by atoms with E-state index in [1.54, 1.807) is 29.1 Å². The second-order valence-electron chi connectivity index (χ2n) is 6.48. The summed E-state index contributed by atoms with van der Waals surface area (Å²) in [6.07, 6.45) is 1.47. The van der Waals surface area contributed by atoms with Crippen LogP contribution in [0.4, 0.5) is 5.82 Å². The van der Waals surface area contributed by atoms with Crippen LogP contribution in [-0.2, 0) is 11.3 Å². The number of para-hydroxylation sites is 1. The van der Waals surface area contributed by atoms with Crippen molar-refractivity contribution in [3.63, 3.8) is 0 Å². The Kier molecular flexibility index (Phi) is 4.99. The summed E-state index contributed by atoms with van der Waals surface area (Å²) in [5.74, 6) is 0.965. The summed E-state index contributed by atoms with van der Waals surface area (Å²) in [6, 6.07) is 5.25. The number of anilines is 1. The third kappa shape index (κ3) is 3.21. The number of ether oxygens (including phenoxy) is 2. The Balaban J connectivity index is 1.57. The molecule has 1 fully saturated rings. The zero-order chi connectivity index (χ0) is 19.7. The predicted octanol–water partition coefficient (Wildman–Crippen LogP) is 0.793. The maximum atomic E-state index is 10.2. The summed E-state index contributed by atoms with van der Waals surface area (Å²) in [6.45, 7) is 0.0589. The molecule has 10 nitrogen and oxygen atoms in total. The van der Waals surface area contributed by atoms with E-state index in [0.29, 0.717) is 41.3 Å². The molecule has 1 unspecified atom stereocenters. The lowest BCUT2D eigenvalue weighted by Gasteiger charge is -2.14. The second kappa shape index (κ2) is 7.58. The third-order valence-electron chi connectivity index (χ3n) is 4.80. The van der Waals surface area contributed by atoms with Gasteiger partial charge in [-0.15, -0.1) is 0 Å². The van der Waals surface area contributed by atoms with E-state index in [9.17, 15) is 15.3 Å². The molecule has 4 N–H and O–H groups in total. The Bertz CT molecular complexity index is 978. The number of benzene rings is 1. The monoisotopic (exact) mass is 387 g/mol. The van der Waals surface area contributed by atoms with Crippen LogP contribution in [0.2, 0.25) is 0 Å². The topological polar surface area (TPSA) is 135 Å². The van der Waals surface area contributed by atoms with Crippen molar-refractivity contribution in [3.8, 4) is 11.5 Å². The Labute approximate surface area is 160 Å². The van der Waals surface area contributed by atoms with E-state index in [4.69, 9.17) is 9.47 Å². The minimum Gasteiger partial charge on any atom is -0.504 e. The number of nitrogens with zero attached hydrogens (tertiary/aromatic N) is 4. The molecule has 0 bridgehead atoms. The van der Waals surface area contributed by atoms with E-state index in [-0.39, 0.29) is 12.4 Å². The highest BCUT2D eigenvalue weighted by Crippen LogP contribution is 2.32. The fourth-order valence-electron chi connectivity index (χ4n) is 3.30. The summed E-state index contributed by atoms with van der Waals surface area (Å²) < 4.78 is 12.5. The molecule has 0 spiro atoms. The smallest absolute Gasteiger partial charge is 0.167 e. The van der Waals surface area contributed by atoms with Crippen LogP contribution >= 0.6 is 0 Å².